The first-order valence-corrected chi connectivity index (χ1v) is 7.17. The summed E-state index contributed by atoms with van der Waals surface area (Å²) in [7, 11) is 0. The standard InChI is InChI=1S/C12H20N2O3S/c1-9(10(2)12(16)17)11(15)13-3-4-14-5-7-18-8-6-14/h3-8H2,1-2H3,(H,13,15)(H,16,17). The minimum Gasteiger partial charge on any atom is -0.478 e. The molecule has 5 nitrogen and oxygen atoms in total. The molecule has 1 heterocycles. The summed E-state index contributed by atoms with van der Waals surface area (Å²) >= 11 is 1.95. The van der Waals surface area contributed by atoms with Crippen LogP contribution in [-0.2, 0) is 9.59 Å². The van der Waals surface area contributed by atoms with E-state index < -0.39 is 5.97 Å². The second-order valence-corrected chi connectivity index (χ2v) is 5.49. The first-order chi connectivity index (χ1) is 8.52. The third-order valence-corrected chi connectivity index (χ3v) is 3.98. The fraction of sp³-hybridized carbons (Fsp3) is 0.667. The average molecular weight is 272 g/mol. The van der Waals surface area contributed by atoms with Crippen LogP contribution in [0.25, 0.3) is 0 Å². The largest absolute Gasteiger partial charge is 0.478 e. The van der Waals surface area contributed by atoms with Gasteiger partial charge in [-0.05, 0) is 13.8 Å². The molecule has 0 atom stereocenters. The van der Waals surface area contributed by atoms with Gasteiger partial charge in [0.25, 0.3) is 0 Å². The fourth-order valence-electron chi connectivity index (χ4n) is 1.62. The van der Waals surface area contributed by atoms with Gasteiger partial charge in [-0.15, -0.1) is 0 Å². The van der Waals surface area contributed by atoms with Gasteiger partial charge in [0.1, 0.15) is 0 Å². The van der Waals surface area contributed by atoms with E-state index in [0.717, 1.165) is 31.1 Å². The van der Waals surface area contributed by atoms with Crippen LogP contribution >= 0.6 is 11.8 Å². The van der Waals surface area contributed by atoms with Gasteiger partial charge in [-0.25, -0.2) is 4.79 Å². The maximum atomic E-state index is 11.7. The Morgan fingerprint density at radius 2 is 1.83 bits per heavy atom. The molecule has 1 rings (SSSR count). The molecular formula is C12H20N2O3S. The van der Waals surface area contributed by atoms with Crippen molar-refractivity contribution < 1.29 is 14.7 Å². The van der Waals surface area contributed by atoms with Crippen molar-refractivity contribution >= 4 is 23.6 Å². The lowest BCUT2D eigenvalue weighted by molar-refractivity contribution is -0.133. The third-order valence-electron chi connectivity index (χ3n) is 3.04. The number of amides is 1. The van der Waals surface area contributed by atoms with Gasteiger partial charge < -0.3 is 10.4 Å². The van der Waals surface area contributed by atoms with E-state index in [9.17, 15) is 9.59 Å². The number of hydrogen-bond acceptors (Lipinski definition) is 4. The quantitative estimate of drug-likeness (QED) is 0.716. The Morgan fingerprint density at radius 1 is 1.22 bits per heavy atom. The SMILES string of the molecule is CC(C(=O)O)=C(C)C(=O)NCCN1CCSCC1. The number of nitrogens with zero attached hydrogens (tertiary/aromatic N) is 1. The minimum atomic E-state index is -1.05. The summed E-state index contributed by atoms with van der Waals surface area (Å²) in [6.07, 6.45) is 0. The Morgan fingerprint density at radius 3 is 2.39 bits per heavy atom. The zero-order valence-electron chi connectivity index (χ0n) is 10.9. The molecule has 102 valence electrons. The van der Waals surface area contributed by atoms with Crippen molar-refractivity contribution in [3.8, 4) is 0 Å². The molecule has 0 spiro atoms. The van der Waals surface area contributed by atoms with Crippen molar-refractivity contribution in [1.82, 2.24) is 10.2 Å². The van der Waals surface area contributed by atoms with E-state index in [0.29, 0.717) is 6.54 Å². The van der Waals surface area contributed by atoms with Crippen molar-refractivity contribution in [2.75, 3.05) is 37.7 Å². The highest BCUT2D eigenvalue weighted by Gasteiger charge is 2.13. The zero-order chi connectivity index (χ0) is 13.5. The van der Waals surface area contributed by atoms with Crippen LogP contribution in [0.2, 0.25) is 0 Å². The molecule has 1 aliphatic rings. The molecule has 1 amide bonds. The molecule has 0 aromatic heterocycles. The first kappa shape index (κ1) is 15.0. The van der Waals surface area contributed by atoms with Gasteiger partial charge in [-0.3, -0.25) is 9.69 Å². The maximum Gasteiger partial charge on any atom is 0.331 e. The zero-order valence-corrected chi connectivity index (χ0v) is 11.7. The molecule has 0 aromatic rings. The molecule has 1 aliphatic heterocycles. The van der Waals surface area contributed by atoms with Gasteiger partial charge in [-0.1, -0.05) is 0 Å². The summed E-state index contributed by atoms with van der Waals surface area (Å²) < 4.78 is 0. The predicted octanol–water partition coefficient (Wildman–Crippen LogP) is 0.572. The first-order valence-electron chi connectivity index (χ1n) is 6.01. The summed E-state index contributed by atoms with van der Waals surface area (Å²) in [4.78, 5) is 24.7. The van der Waals surface area contributed by atoms with Crippen LogP contribution < -0.4 is 5.32 Å². The van der Waals surface area contributed by atoms with E-state index in [1.807, 2.05) is 11.8 Å². The molecule has 2 N–H and O–H groups in total. The highest BCUT2D eigenvalue weighted by Crippen LogP contribution is 2.08. The summed E-state index contributed by atoms with van der Waals surface area (Å²) in [5, 5.41) is 11.5. The van der Waals surface area contributed by atoms with Gasteiger partial charge in [0.15, 0.2) is 0 Å². The Balaban J connectivity index is 2.32. The van der Waals surface area contributed by atoms with Gasteiger partial charge in [0.05, 0.1) is 0 Å². The maximum absolute atomic E-state index is 11.7. The van der Waals surface area contributed by atoms with Crippen molar-refractivity contribution in [2.24, 2.45) is 0 Å². The lowest BCUT2D eigenvalue weighted by Gasteiger charge is -2.26. The van der Waals surface area contributed by atoms with Gasteiger partial charge >= 0.3 is 5.97 Å². The van der Waals surface area contributed by atoms with Crippen LogP contribution in [0, 0.1) is 0 Å². The number of rotatable bonds is 5. The topological polar surface area (TPSA) is 69.6 Å². The number of nitrogens with one attached hydrogen (secondary N) is 1. The summed E-state index contributed by atoms with van der Waals surface area (Å²) in [5.41, 5.74) is 0.374. The molecule has 0 bridgehead atoms. The van der Waals surface area contributed by atoms with E-state index in [1.165, 1.54) is 13.8 Å². The Hall–Kier alpha value is -1.01. The van der Waals surface area contributed by atoms with Gasteiger partial charge in [-0.2, -0.15) is 11.8 Å². The molecule has 1 saturated heterocycles. The lowest BCUT2D eigenvalue weighted by atomic mass is 10.1. The number of hydrogen-bond donors (Lipinski definition) is 2. The second-order valence-electron chi connectivity index (χ2n) is 4.27. The van der Waals surface area contributed by atoms with Crippen molar-refractivity contribution in [2.45, 2.75) is 13.8 Å². The van der Waals surface area contributed by atoms with E-state index in [1.54, 1.807) is 0 Å². The molecule has 0 saturated carbocycles. The minimum absolute atomic E-state index is 0.0990. The van der Waals surface area contributed by atoms with Crippen molar-refractivity contribution in [1.29, 1.82) is 0 Å². The Kier molecular flexibility index (Phi) is 6.21. The lowest BCUT2D eigenvalue weighted by Crippen LogP contribution is -2.39. The normalized spacial score (nSPS) is 18.1. The molecule has 18 heavy (non-hydrogen) atoms. The molecule has 0 unspecified atom stereocenters. The molecule has 6 heteroatoms. The summed E-state index contributed by atoms with van der Waals surface area (Å²) in [5.74, 6) is 0.952. The fourth-order valence-corrected chi connectivity index (χ4v) is 2.59. The average Bonchev–Trinajstić information content (AvgIpc) is 2.38. The number of carbonyl (C=O) groups is 2. The van der Waals surface area contributed by atoms with Crippen LogP contribution in [0.15, 0.2) is 11.1 Å². The Labute approximate surface area is 112 Å². The van der Waals surface area contributed by atoms with Crippen LogP contribution in [0.4, 0.5) is 0 Å². The van der Waals surface area contributed by atoms with Crippen LogP contribution in [0.1, 0.15) is 13.8 Å². The number of aliphatic carboxylic acids is 1. The molecular weight excluding hydrogens is 252 g/mol. The smallest absolute Gasteiger partial charge is 0.331 e. The number of carboxylic acid groups (broad SMARTS) is 1. The highest BCUT2D eigenvalue weighted by molar-refractivity contribution is 7.99. The second kappa shape index (κ2) is 7.43. The molecule has 0 radical (unpaired) electrons. The van der Waals surface area contributed by atoms with E-state index in [4.69, 9.17) is 5.11 Å². The molecule has 0 aromatic carbocycles. The Bertz CT molecular complexity index is 349. The van der Waals surface area contributed by atoms with Crippen molar-refractivity contribution in [3.05, 3.63) is 11.1 Å². The number of carbonyl (C=O) groups excluding carboxylic acids is 1. The van der Waals surface area contributed by atoms with Crippen LogP contribution in [0.3, 0.4) is 0 Å². The predicted molar refractivity (Wildman–Crippen MR) is 72.8 cm³/mol. The van der Waals surface area contributed by atoms with Gasteiger partial charge in [0.2, 0.25) is 5.91 Å². The van der Waals surface area contributed by atoms with Gasteiger partial charge in [0, 0.05) is 48.8 Å². The number of carboxylic acids is 1. The molecule has 0 aliphatic carbocycles. The van der Waals surface area contributed by atoms with E-state index in [-0.39, 0.29) is 17.1 Å². The number of thioether (sulfide) groups is 1. The van der Waals surface area contributed by atoms with Crippen LogP contribution in [0.5, 0.6) is 0 Å². The van der Waals surface area contributed by atoms with E-state index >= 15 is 0 Å². The third kappa shape index (κ3) is 4.70. The molecule has 1 fully saturated rings. The summed E-state index contributed by atoms with van der Waals surface area (Å²) in [6.45, 7) is 6.49. The van der Waals surface area contributed by atoms with E-state index in [2.05, 4.69) is 10.2 Å². The summed E-state index contributed by atoms with van der Waals surface area (Å²) in [6, 6.07) is 0. The highest BCUT2D eigenvalue weighted by atomic mass is 32.2. The van der Waals surface area contributed by atoms with Crippen molar-refractivity contribution in [3.63, 3.8) is 0 Å². The van der Waals surface area contributed by atoms with Crippen LogP contribution in [-0.4, -0.2) is 59.6 Å². The monoisotopic (exact) mass is 272 g/mol.